The van der Waals surface area contributed by atoms with E-state index >= 15 is 0 Å². The van der Waals surface area contributed by atoms with E-state index in [4.69, 9.17) is 23.0 Å². The van der Waals surface area contributed by atoms with Gasteiger partial charge in [0.15, 0.2) is 0 Å². The highest BCUT2D eigenvalue weighted by molar-refractivity contribution is 7.48. The second-order valence-corrected chi connectivity index (χ2v) is 6.42. The van der Waals surface area contributed by atoms with Crippen LogP contribution in [0.4, 0.5) is 0 Å². The lowest BCUT2D eigenvalue weighted by Crippen LogP contribution is -2.09. The van der Waals surface area contributed by atoms with Gasteiger partial charge in [0, 0.05) is 25.0 Å². The molecule has 0 radical (unpaired) electrons. The third kappa shape index (κ3) is 13.5. The fourth-order valence-corrected chi connectivity index (χ4v) is 2.65. The van der Waals surface area contributed by atoms with E-state index in [1.807, 2.05) is 6.92 Å². The minimum Gasteiger partial charge on any atom is -0.462 e. The molecule has 0 amide bonds. The van der Waals surface area contributed by atoms with Crippen molar-refractivity contribution in [1.29, 1.82) is 0 Å². The van der Waals surface area contributed by atoms with Gasteiger partial charge in [0.25, 0.3) is 0 Å². The van der Waals surface area contributed by atoms with Crippen LogP contribution in [0.2, 0.25) is 0 Å². The van der Waals surface area contributed by atoms with E-state index in [1.54, 1.807) is 0 Å². The second-order valence-electron chi connectivity index (χ2n) is 4.75. The Bertz CT molecular complexity index is 429. The summed E-state index contributed by atoms with van der Waals surface area (Å²) >= 11 is 0. The zero-order valence-electron chi connectivity index (χ0n) is 14.6. The second kappa shape index (κ2) is 14.8. The standard InChI is InChI=1S/C16H27O8P/c1-4-7-12-22-25(19,23-13-8-10-20-15(17)5-2)24-14-9-11-21-16(18)6-3/h5-6H,2-4,7-14H2,1H3. The van der Waals surface area contributed by atoms with Gasteiger partial charge in [0.05, 0.1) is 33.0 Å². The normalized spacial score (nSPS) is 10.9. The molecule has 0 N–H and O–H groups in total. The maximum atomic E-state index is 12.5. The Labute approximate surface area is 148 Å². The molecule has 0 spiro atoms. The largest absolute Gasteiger partial charge is 0.474 e. The molecule has 0 atom stereocenters. The summed E-state index contributed by atoms with van der Waals surface area (Å²) in [7, 11) is -3.71. The van der Waals surface area contributed by atoms with Crippen LogP contribution in [0.25, 0.3) is 0 Å². The van der Waals surface area contributed by atoms with E-state index < -0.39 is 19.8 Å². The van der Waals surface area contributed by atoms with Crippen molar-refractivity contribution in [2.45, 2.75) is 32.6 Å². The molecule has 0 fully saturated rings. The molecule has 0 aliphatic carbocycles. The van der Waals surface area contributed by atoms with Gasteiger partial charge >= 0.3 is 19.8 Å². The zero-order chi connectivity index (χ0) is 19.0. The topological polar surface area (TPSA) is 97.4 Å². The summed E-state index contributed by atoms with van der Waals surface area (Å²) in [6.45, 7) is 9.07. The first-order valence-electron chi connectivity index (χ1n) is 8.09. The molecule has 0 bridgehead atoms. The van der Waals surface area contributed by atoms with Crippen molar-refractivity contribution < 1.29 is 37.2 Å². The van der Waals surface area contributed by atoms with Crippen molar-refractivity contribution in [3.63, 3.8) is 0 Å². The number of unbranched alkanes of at least 4 members (excludes halogenated alkanes) is 1. The van der Waals surface area contributed by atoms with E-state index in [0.29, 0.717) is 19.3 Å². The lowest BCUT2D eigenvalue weighted by atomic mass is 10.4. The molecule has 144 valence electrons. The van der Waals surface area contributed by atoms with Crippen LogP contribution in [-0.4, -0.2) is 45.0 Å². The third-order valence-electron chi connectivity index (χ3n) is 2.65. The highest BCUT2D eigenvalue weighted by Gasteiger charge is 2.26. The fourth-order valence-electron chi connectivity index (χ4n) is 1.37. The summed E-state index contributed by atoms with van der Waals surface area (Å²) in [4.78, 5) is 21.8. The Morgan fingerprint density at radius 1 is 0.800 bits per heavy atom. The van der Waals surface area contributed by atoms with Gasteiger partial charge in [-0.1, -0.05) is 26.5 Å². The number of carbonyl (C=O) groups is 2. The highest BCUT2D eigenvalue weighted by atomic mass is 31.2. The first-order valence-corrected chi connectivity index (χ1v) is 9.55. The lowest BCUT2D eigenvalue weighted by molar-refractivity contribution is -0.138. The van der Waals surface area contributed by atoms with Crippen LogP contribution in [0.3, 0.4) is 0 Å². The molecule has 0 saturated heterocycles. The van der Waals surface area contributed by atoms with Gasteiger partial charge in [-0.3, -0.25) is 13.6 Å². The number of rotatable bonds is 16. The zero-order valence-corrected chi connectivity index (χ0v) is 15.5. The van der Waals surface area contributed by atoms with Crippen LogP contribution in [0.1, 0.15) is 32.6 Å². The van der Waals surface area contributed by atoms with Crippen molar-refractivity contribution >= 4 is 19.8 Å². The Kier molecular flexibility index (Phi) is 14.0. The van der Waals surface area contributed by atoms with Crippen LogP contribution < -0.4 is 0 Å². The molecule has 0 aliphatic rings. The van der Waals surface area contributed by atoms with Crippen LogP contribution in [0.15, 0.2) is 25.3 Å². The maximum Gasteiger partial charge on any atom is 0.474 e. The Morgan fingerprint density at radius 3 is 1.56 bits per heavy atom. The minimum absolute atomic E-state index is 0.0409. The van der Waals surface area contributed by atoms with E-state index in [9.17, 15) is 14.2 Å². The lowest BCUT2D eigenvalue weighted by Gasteiger charge is -2.18. The predicted octanol–water partition coefficient (Wildman–Crippen LogP) is 3.18. The van der Waals surface area contributed by atoms with E-state index in [-0.39, 0.29) is 33.0 Å². The summed E-state index contributed by atoms with van der Waals surface area (Å²) in [6, 6.07) is 0. The van der Waals surface area contributed by atoms with Gasteiger partial charge in [0.2, 0.25) is 0 Å². The van der Waals surface area contributed by atoms with E-state index in [0.717, 1.165) is 18.6 Å². The molecule has 0 aromatic rings. The summed E-state index contributed by atoms with van der Waals surface area (Å²) < 4.78 is 37.7. The Morgan fingerprint density at radius 2 is 1.20 bits per heavy atom. The van der Waals surface area contributed by atoms with Gasteiger partial charge < -0.3 is 9.47 Å². The number of hydrogen-bond acceptors (Lipinski definition) is 8. The van der Waals surface area contributed by atoms with Crippen LogP contribution in [0.5, 0.6) is 0 Å². The Hall–Kier alpha value is -1.47. The molecule has 0 aromatic carbocycles. The molecular formula is C16H27O8P. The summed E-state index contributed by atoms with van der Waals surface area (Å²) in [5, 5.41) is 0. The fraction of sp³-hybridized carbons (Fsp3) is 0.625. The SMILES string of the molecule is C=CC(=O)OCCCOP(=O)(OCCCC)OCCCOC(=O)C=C. The van der Waals surface area contributed by atoms with Crippen LogP contribution >= 0.6 is 7.82 Å². The van der Waals surface area contributed by atoms with Crippen molar-refractivity contribution in [2.24, 2.45) is 0 Å². The van der Waals surface area contributed by atoms with E-state index in [2.05, 4.69) is 13.2 Å². The third-order valence-corrected chi connectivity index (χ3v) is 4.14. The molecule has 0 saturated carbocycles. The predicted molar refractivity (Wildman–Crippen MR) is 91.9 cm³/mol. The van der Waals surface area contributed by atoms with Crippen molar-refractivity contribution in [3.05, 3.63) is 25.3 Å². The van der Waals surface area contributed by atoms with Gasteiger partial charge in [-0.15, -0.1) is 0 Å². The van der Waals surface area contributed by atoms with Crippen LogP contribution in [0, 0.1) is 0 Å². The molecule has 25 heavy (non-hydrogen) atoms. The Balaban J connectivity index is 4.16. The quantitative estimate of drug-likeness (QED) is 0.175. The van der Waals surface area contributed by atoms with E-state index in [1.165, 1.54) is 0 Å². The smallest absolute Gasteiger partial charge is 0.462 e. The number of carbonyl (C=O) groups excluding carboxylic acids is 2. The highest BCUT2D eigenvalue weighted by Crippen LogP contribution is 2.49. The molecule has 0 heterocycles. The average molecular weight is 378 g/mol. The molecule has 8 nitrogen and oxygen atoms in total. The monoisotopic (exact) mass is 378 g/mol. The number of hydrogen-bond donors (Lipinski definition) is 0. The molecule has 9 heteroatoms. The minimum atomic E-state index is -3.71. The van der Waals surface area contributed by atoms with Gasteiger partial charge in [-0.25, -0.2) is 14.2 Å². The average Bonchev–Trinajstić information content (AvgIpc) is 2.61. The number of esters is 2. The first-order chi connectivity index (χ1) is 12.0. The molecule has 0 aliphatic heterocycles. The van der Waals surface area contributed by atoms with Crippen molar-refractivity contribution in [1.82, 2.24) is 0 Å². The maximum absolute atomic E-state index is 12.5. The molecule has 0 rings (SSSR count). The van der Waals surface area contributed by atoms with Crippen molar-refractivity contribution in [3.8, 4) is 0 Å². The van der Waals surface area contributed by atoms with Gasteiger partial charge in [0.1, 0.15) is 0 Å². The summed E-state index contributed by atoms with van der Waals surface area (Å²) in [5.41, 5.74) is 0. The first kappa shape index (κ1) is 23.5. The molecule has 0 unspecified atom stereocenters. The number of phosphoric ester groups is 1. The van der Waals surface area contributed by atoms with Crippen molar-refractivity contribution in [2.75, 3.05) is 33.0 Å². The van der Waals surface area contributed by atoms with Gasteiger partial charge in [-0.2, -0.15) is 0 Å². The number of ether oxygens (including phenoxy) is 2. The summed E-state index contributed by atoms with van der Waals surface area (Å²) in [5.74, 6) is -1.07. The molecular weight excluding hydrogens is 351 g/mol. The molecule has 0 aromatic heterocycles. The van der Waals surface area contributed by atoms with Gasteiger partial charge in [-0.05, 0) is 6.42 Å². The number of phosphoric acid groups is 1. The summed E-state index contributed by atoms with van der Waals surface area (Å²) in [6.07, 6.45) is 4.37. The van der Waals surface area contributed by atoms with Crippen LogP contribution in [-0.2, 0) is 37.2 Å².